The predicted molar refractivity (Wildman–Crippen MR) is 101 cm³/mol. The Morgan fingerprint density at radius 1 is 1.07 bits per heavy atom. The van der Waals surface area contributed by atoms with Crippen LogP contribution in [0.1, 0.15) is 33.6 Å². The smallest absolute Gasteiger partial charge is 0.186 e. The van der Waals surface area contributed by atoms with Crippen molar-refractivity contribution >= 4 is 0 Å². The van der Waals surface area contributed by atoms with Crippen molar-refractivity contribution in [3.8, 4) is 0 Å². The lowest BCUT2D eigenvalue weighted by atomic mass is 9.86. The van der Waals surface area contributed by atoms with E-state index in [4.69, 9.17) is 24.1 Å². The van der Waals surface area contributed by atoms with Crippen molar-refractivity contribution in [1.29, 1.82) is 0 Å². The maximum absolute atomic E-state index is 10.2. The zero-order valence-corrected chi connectivity index (χ0v) is 17.6. The third kappa shape index (κ3) is 5.87. The molecule has 0 saturated carbocycles. The molecule has 9 unspecified atom stereocenters. The van der Waals surface area contributed by atoms with Crippen molar-refractivity contribution in [3.63, 3.8) is 0 Å². The van der Waals surface area contributed by atoms with Crippen LogP contribution >= 0.6 is 0 Å². The molecule has 2 aliphatic heterocycles. The lowest BCUT2D eigenvalue weighted by molar-refractivity contribution is -0.310. The molecule has 0 bridgehead atoms. The summed E-state index contributed by atoms with van der Waals surface area (Å²) in [4.78, 5) is 0. The Morgan fingerprint density at radius 2 is 1.73 bits per heavy atom. The van der Waals surface area contributed by atoms with Crippen LogP contribution in [0.4, 0.5) is 0 Å². The van der Waals surface area contributed by atoms with Gasteiger partial charge in [-0.1, -0.05) is 13.3 Å². The zero-order chi connectivity index (χ0) is 22.7. The molecule has 0 aromatic heterocycles. The summed E-state index contributed by atoms with van der Waals surface area (Å²) in [5.74, 6) is -0.0425. The molecule has 0 aliphatic carbocycles. The summed E-state index contributed by atoms with van der Waals surface area (Å²) in [6.45, 7) is 4.11. The van der Waals surface area contributed by atoms with E-state index < -0.39 is 60.9 Å². The van der Waals surface area contributed by atoms with Gasteiger partial charge in [0, 0.05) is 0 Å². The summed E-state index contributed by atoms with van der Waals surface area (Å²) in [5, 5.41) is 69.7. The molecular formula is C19H36O11. The van der Waals surface area contributed by atoms with Gasteiger partial charge in [-0.2, -0.15) is 0 Å². The fourth-order valence-corrected chi connectivity index (χ4v) is 3.70. The molecule has 0 aromatic carbocycles. The zero-order valence-electron chi connectivity index (χ0n) is 17.6. The maximum atomic E-state index is 10.2. The van der Waals surface area contributed by atoms with E-state index in [1.807, 2.05) is 6.92 Å². The Morgan fingerprint density at radius 3 is 2.27 bits per heavy atom. The number of ether oxygens (including phenoxy) is 4. The van der Waals surface area contributed by atoms with Gasteiger partial charge in [-0.15, -0.1) is 0 Å². The summed E-state index contributed by atoms with van der Waals surface area (Å²) in [5.41, 5.74) is -2.75. The molecule has 0 amide bonds. The van der Waals surface area contributed by atoms with Crippen molar-refractivity contribution < 1.29 is 54.7 Å². The summed E-state index contributed by atoms with van der Waals surface area (Å²) in [6, 6.07) is 0. The van der Waals surface area contributed by atoms with Crippen molar-refractivity contribution in [3.05, 3.63) is 0 Å². The van der Waals surface area contributed by atoms with Crippen LogP contribution in [0.3, 0.4) is 0 Å². The van der Waals surface area contributed by atoms with Gasteiger partial charge in [0.2, 0.25) is 0 Å². The van der Waals surface area contributed by atoms with Crippen LogP contribution in [0.5, 0.6) is 0 Å². The van der Waals surface area contributed by atoms with Crippen LogP contribution < -0.4 is 0 Å². The molecule has 2 fully saturated rings. The van der Waals surface area contributed by atoms with Gasteiger partial charge in [0.15, 0.2) is 12.6 Å². The number of hydrogen-bond donors (Lipinski definition) is 7. The first kappa shape index (κ1) is 25.8. The van der Waals surface area contributed by atoms with E-state index in [-0.39, 0.29) is 25.7 Å². The Kier molecular flexibility index (Phi) is 8.99. The molecule has 2 heterocycles. The normalized spacial score (nSPS) is 41.2. The van der Waals surface area contributed by atoms with Crippen molar-refractivity contribution in [2.45, 2.75) is 87.9 Å². The van der Waals surface area contributed by atoms with Crippen molar-refractivity contribution in [2.75, 3.05) is 26.4 Å². The Balaban J connectivity index is 1.89. The molecule has 2 rings (SSSR count). The average Bonchev–Trinajstić information content (AvgIpc) is 2.98. The van der Waals surface area contributed by atoms with Crippen LogP contribution in [0, 0.1) is 5.92 Å². The molecule has 0 spiro atoms. The standard InChI is InChI=1S/C19H36O11/c1-4-10(18(2,3)25)5-6-27-16-14(23)13(22)12(21)11(30-16)7-28-17-15(24)19(26,8-20)9-29-17/h10-17,20-26H,4-9H2,1-3H3. The van der Waals surface area contributed by atoms with Gasteiger partial charge in [-0.25, -0.2) is 0 Å². The predicted octanol–water partition coefficient (Wildman–Crippen LogP) is -2.54. The number of aliphatic hydroxyl groups is 7. The first-order chi connectivity index (χ1) is 13.9. The molecule has 178 valence electrons. The highest BCUT2D eigenvalue weighted by Crippen LogP contribution is 2.28. The van der Waals surface area contributed by atoms with Crippen molar-refractivity contribution in [1.82, 2.24) is 0 Å². The van der Waals surface area contributed by atoms with Gasteiger partial charge in [0.25, 0.3) is 0 Å². The molecule has 0 aromatic rings. The molecule has 0 radical (unpaired) electrons. The average molecular weight is 440 g/mol. The minimum absolute atomic E-state index is 0.0425. The minimum atomic E-state index is -1.85. The summed E-state index contributed by atoms with van der Waals surface area (Å²) >= 11 is 0. The molecule has 2 saturated heterocycles. The van der Waals surface area contributed by atoms with Gasteiger partial charge in [-0.05, 0) is 26.2 Å². The summed E-state index contributed by atoms with van der Waals surface area (Å²) < 4.78 is 21.6. The van der Waals surface area contributed by atoms with E-state index in [1.54, 1.807) is 13.8 Å². The molecule has 7 N–H and O–H groups in total. The maximum Gasteiger partial charge on any atom is 0.186 e. The Hall–Kier alpha value is -0.440. The van der Waals surface area contributed by atoms with Crippen LogP contribution in [0.25, 0.3) is 0 Å². The third-order valence-electron chi connectivity index (χ3n) is 5.91. The molecular weight excluding hydrogens is 404 g/mol. The topological polar surface area (TPSA) is 179 Å². The largest absolute Gasteiger partial charge is 0.393 e. The molecule has 11 heteroatoms. The van der Waals surface area contributed by atoms with Crippen LogP contribution in [0.15, 0.2) is 0 Å². The number of aliphatic hydroxyl groups excluding tert-OH is 5. The minimum Gasteiger partial charge on any atom is -0.393 e. The number of hydrogen-bond acceptors (Lipinski definition) is 11. The third-order valence-corrected chi connectivity index (χ3v) is 5.91. The van der Waals surface area contributed by atoms with E-state index in [1.165, 1.54) is 0 Å². The van der Waals surface area contributed by atoms with Gasteiger partial charge < -0.3 is 54.7 Å². The van der Waals surface area contributed by atoms with E-state index in [0.29, 0.717) is 6.42 Å². The highest BCUT2D eigenvalue weighted by Gasteiger charge is 2.50. The second-order valence-electron chi connectivity index (χ2n) is 8.65. The highest BCUT2D eigenvalue weighted by atomic mass is 16.7. The lowest BCUT2D eigenvalue weighted by Crippen LogP contribution is -2.59. The quantitative estimate of drug-likeness (QED) is 0.190. The molecule has 9 atom stereocenters. The van der Waals surface area contributed by atoms with Gasteiger partial charge >= 0.3 is 0 Å². The van der Waals surface area contributed by atoms with E-state index >= 15 is 0 Å². The fraction of sp³-hybridized carbons (Fsp3) is 1.00. The molecule has 11 nitrogen and oxygen atoms in total. The van der Waals surface area contributed by atoms with Crippen LogP contribution in [-0.2, 0) is 18.9 Å². The Bertz CT molecular complexity index is 527. The fourth-order valence-electron chi connectivity index (χ4n) is 3.70. The van der Waals surface area contributed by atoms with E-state index in [9.17, 15) is 30.6 Å². The summed E-state index contributed by atoms with van der Waals surface area (Å²) in [6.07, 6.45) is -8.45. The highest BCUT2D eigenvalue weighted by molar-refractivity contribution is 4.94. The lowest BCUT2D eigenvalue weighted by Gasteiger charge is -2.40. The van der Waals surface area contributed by atoms with Crippen LogP contribution in [0.2, 0.25) is 0 Å². The Labute approximate surface area is 175 Å². The monoisotopic (exact) mass is 440 g/mol. The van der Waals surface area contributed by atoms with Gasteiger partial charge in [0.05, 0.1) is 32.0 Å². The SMILES string of the molecule is CCC(CCOC1OC(COC2OCC(O)(CO)C2O)C(O)C(O)C1O)C(C)(C)O. The van der Waals surface area contributed by atoms with Gasteiger partial charge in [0.1, 0.15) is 36.1 Å². The van der Waals surface area contributed by atoms with Crippen LogP contribution in [-0.4, -0.2) is 116 Å². The molecule has 2 aliphatic rings. The first-order valence-electron chi connectivity index (χ1n) is 10.2. The summed E-state index contributed by atoms with van der Waals surface area (Å²) in [7, 11) is 0. The van der Waals surface area contributed by atoms with Gasteiger partial charge in [-0.3, -0.25) is 0 Å². The molecule has 30 heavy (non-hydrogen) atoms. The van der Waals surface area contributed by atoms with E-state index in [2.05, 4.69) is 0 Å². The number of rotatable bonds is 10. The second-order valence-corrected chi connectivity index (χ2v) is 8.65. The first-order valence-corrected chi connectivity index (χ1v) is 10.2. The van der Waals surface area contributed by atoms with Crippen molar-refractivity contribution in [2.24, 2.45) is 5.92 Å². The second kappa shape index (κ2) is 10.5. The van der Waals surface area contributed by atoms with E-state index in [0.717, 1.165) is 6.42 Å².